The fraction of sp³-hybridized carbons (Fsp3) is 0.621. The number of piperidine rings is 1. The highest BCUT2D eigenvalue weighted by atomic mass is 19.1. The molecular formula is C29H44FN5O3. The van der Waals surface area contributed by atoms with Gasteiger partial charge in [0.15, 0.2) is 5.82 Å². The minimum absolute atomic E-state index is 0.291. The summed E-state index contributed by atoms with van der Waals surface area (Å²) in [5.41, 5.74) is 2.34. The van der Waals surface area contributed by atoms with Crippen LogP contribution in [0.3, 0.4) is 0 Å². The Morgan fingerprint density at radius 1 is 1.00 bits per heavy atom. The van der Waals surface area contributed by atoms with Gasteiger partial charge in [0.2, 0.25) is 0 Å². The van der Waals surface area contributed by atoms with Crippen molar-refractivity contribution in [3.05, 3.63) is 34.9 Å². The van der Waals surface area contributed by atoms with Gasteiger partial charge >= 0.3 is 0 Å². The van der Waals surface area contributed by atoms with E-state index in [1.54, 1.807) is 19.9 Å². The number of rotatable bonds is 5. The van der Waals surface area contributed by atoms with Crippen LogP contribution in [-0.4, -0.2) is 58.6 Å². The van der Waals surface area contributed by atoms with E-state index in [4.69, 9.17) is 14.2 Å². The van der Waals surface area contributed by atoms with Crippen molar-refractivity contribution in [1.29, 1.82) is 0 Å². The molecular weight excluding hydrogens is 485 g/mol. The van der Waals surface area contributed by atoms with Crippen LogP contribution in [0.2, 0.25) is 0 Å². The maximum atomic E-state index is 15.1. The third-order valence-electron chi connectivity index (χ3n) is 7.02. The highest BCUT2D eigenvalue weighted by molar-refractivity contribution is 5.93. The van der Waals surface area contributed by atoms with Gasteiger partial charge in [-0.2, -0.15) is 4.98 Å². The number of aliphatic hydroxyl groups is 1. The van der Waals surface area contributed by atoms with Gasteiger partial charge in [0.05, 0.1) is 11.7 Å². The number of anilines is 1. The van der Waals surface area contributed by atoms with Crippen LogP contribution in [0, 0.1) is 19.7 Å². The lowest BCUT2D eigenvalue weighted by molar-refractivity contribution is 0.0738. The maximum Gasteiger partial charge on any atom is 0.261 e. The van der Waals surface area contributed by atoms with E-state index >= 15 is 4.39 Å². The van der Waals surface area contributed by atoms with E-state index in [-0.39, 0.29) is 0 Å². The number of fused-ring (bicyclic) bond motifs is 1. The molecule has 4 heterocycles. The molecule has 0 bridgehead atoms. The summed E-state index contributed by atoms with van der Waals surface area (Å²) in [5.74, 6) is 1.14. The van der Waals surface area contributed by atoms with Crippen LogP contribution in [0.4, 0.5) is 10.2 Å². The van der Waals surface area contributed by atoms with Crippen molar-refractivity contribution in [3.8, 4) is 11.5 Å². The van der Waals surface area contributed by atoms with Crippen LogP contribution >= 0.6 is 0 Å². The SMILES string of the molecule is CC.CC.Cc1noc(-c2c(N3CCC(NC4CCOCC4)CC3)nc3c(F)cc(C(C)O)cc3c2C)n1. The molecule has 0 saturated carbocycles. The van der Waals surface area contributed by atoms with E-state index in [0.717, 1.165) is 63.1 Å². The van der Waals surface area contributed by atoms with E-state index in [1.165, 1.54) is 6.07 Å². The first-order valence-corrected chi connectivity index (χ1v) is 14.1. The molecule has 0 aliphatic carbocycles. The normalized spacial score (nSPS) is 17.4. The summed E-state index contributed by atoms with van der Waals surface area (Å²) in [5, 5.41) is 18.4. The van der Waals surface area contributed by atoms with Crippen molar-refractivity contribution >= 4 is 16.7 Å². The first kappa shape index (κ1) is 29.9. The van der Waals surface area contributed by atoms with Crippen molar-refractivity contribution in [1.82, 2.24) is 20.4 Å². The molecule has 2 aromatic heterocycles. The molecule has 8 nitrogen and oxygen atoms in total. The average molecular weight is 530 g/mol. The fourth-order valence-electron chi connectivity index (χ4n) is 5.06. The quantitative estimate of drug-likeness (QED) is 0.423. The number of aliphatic hydroxyl groups excluding tert-OH is 1. The number of hydrogen-bond donors (Lipinski definition) is 2. The van der Waals surface area contributed by atoms with E-state index in [1.807, 2.05) is 34.6 Å². The van der Waals surface area contributed by atoms with E-state index in [2.05, 4.69) is 20.4 Å². The Morgan fingerprint density at radius 2 is 1.63 bits per heavy atom. The fourth-order valence-corrected chi connectivity index (χ4v) is 5.06. The van der Waals surface area contributed by atoms with Crippen LogP contribution in [0.25, 0.3) is 22.4 Å². The summed E-state index contributed by atoms with van der Waals surface area (Å²) < 4.78 is 26.2. The summed E-state index contributed by atoms with van der Waals surface area (Å²) in [6.45, 7) is 16.6. The number of pyridine rings is 1. The van der Waals surface area contributed by atoms with Gasteiger partial charge in [-0.05, 0) is 69.7 Å². The van der Waals surface area contributed by atoms with Crippen molar-refractivity contribution < 1.29 is 18.8 Å². The molecule has 2 aliphatic rings. The number of hydrogen-bond acceptors (Lipinski definition) is 8. The van der Waals surface area contributed by atoms with E-state index in [9.17, 15) is 5.11 Å². The minimum atomic E-state index is -0.783. The smallest absolute Gasteiger partial charge is 0.261 e. The number of aryl methyl sites for hydroxylation is 2. The molecule has 0 radical (unpaired) electrons. The maximum absolute atomic E-state index is 15.1. The van der Waals surface area contributed by atoms with Gasteiger partial charge in [-0.15, -0.1) is 0 Å². The highest BCUT2D eigenvalue weighted by Crippen LogP contribution is 2.38. The molecule has 0 amide bonds. The van der Waals surface area contributed by atoms with Gasteiger partial charge in [0, 0.05) is 43.8 Å². The van der Waals surface area contributed by atoms with Crippen molar-refractivity contribution in [2.45, 2.75) is 92.3 Å². The molecule has 2 fully saturated rings. The number of aromatic nitrogens is 3. The topological polar surface area (TPSA) is 96.5 Å². The van der Waals surface area contributed by atoms with Crippen molar-refractivity contribution in [2.24, 2.45) is 0 Å². The zero-order valence-electron chi connectivity index (χ0n) is 24.0. The Hall–Kier alpha value is -2.62. The number of benzene rings is 1. The van der Waals surface area contributed by atoms with Gasteiger partial charge in [-0.1, -0.05) is 32.9 Å². The standard InChI is InChI=1S/C25H32FN5O3.2C2H6/c1-14-20-12-17(15(2)32)13-21(26)23(20)29-24(22(14)25-27-16(3)30-34-25)31-8-4-18(5-9-31)28-19-6-10-33-11-7-19;2*1-2/h12-13,15,18-19,28,32H,4-11H2,1-3H3;2*1-2H3. The summed E-state index contributed by atoms with van der Waals surface area (Å²) >= 11 is 0. The van der Waals surface area contributed by atoms with Crippen LogP contribution in [0.1, 0.15) is 83.4 Å². The molecule has 3 aromatic rings. The summed E-state index contributed by atoms with van der Waals surface area (Å²) in [6.07, 6.45) is 3.28. The minimum Gasteiger partial charge on any atom is -0.389 e. The molecule has 38 heavy (non-hydrogen) atoms. The molecule has 2 aliphatic heterocycles. The second-order valence-electron chi connectivity index (χ2n) is 9.47. The number of nitrogens with zero attached hydrogens (tertiary/aromatic N) is 4. The van der Waals surface area contributed by atoms with Gasteiger partial charge in [-0.25, -0.2) is 9.37 Å². The van der Waals surface area contributed by atoms with E-state index in [0.29, 0.717) is 46.1 Å². The van der Waals surface area contributed by atoms with E-state index < -0.39 is 11.9 Å². The second-order valence-corrected chi connectivity index (χ2v) is 9.47. The highest BCUT2D eigenvalue weighted by Gasteiger charge is 2.29. The van der Waals surface area contributed by atoms with Gasteiger partial charge in [0.25, 0.3) is 5.89 Å². The zero-order chi connectivity index (χ0) is 27.8. The Morgan fingerprint density at radius 3 is 2.21 bits per heavy atom. The van der Waals surface area contributed by atoms with Crippen LogP contribution < -0.4 is 10.2 Å². The lowest BCUT2D eigenvalue weighted by Gasteiger charge is -2.37. The molecule has 9 heteroatoms. The Bertz CT molecular complexity index is 1170. The molecule has 1 atom stereocenters. The Labute approximate surface area is 226 Å². The Balaban J connectivity index is 0.000000956. The molecule has 2 N–H and O–H groups in total. The molecule has 5 rings (SSSR count). The summed E-state index contributed by atoms with van der Waals surface area (Å²) in [7, 11) is 0. The number of halogens is 1. The molecule has 0 spiro atoms. The lowest BCUT2D eigenvalue weighted by Crippen LogP contribution is -2.48. The largest absolute Gasteiger partial charge is 0.389 e. The predicted octanol–water partition coefficient (Wildman–Crippen LogP) is 5.88. The molecule has 1 aromatic carbocycles. The van der Waals surface area contributed by atoms with Crippen molar-refractivity contribution in [2.75, 3.05) is 31.2 Å². The predicted molar refractivity (Wildman–Crippen MR) is 150 cm³/mol. The average Bonchev–Trinajstić information content (AvgIpc) is 3.37. The second kappa shape index (κ2) is 14.0. The van der Waals surface area contributed by atoms with Gasteiger partial charge in [0.1, 0.15) is 17.2 Å². The van der Waals surface area contributed by atoms with Crippen LogP contribution in [0.5, 0.6) is 0 Å². The first-order chi connectivity index (χ1) is 18.4. The summed E-state index contributed by atoms with van der Waals surface area (Å²) in [4.78, 5) is 11.5. The van der Waals surface area contributed by atoms with Crippen LogP contribution in [-0.2, 0) is 4.74 Å². The first-order valence-electron chi connectivity index (χ1n) is 14.1. The molecule has 210 valence electrons. The third-order valence-corrected chi connectivity index (χ3v) is 7.02. The zero-order valence-corrected chi connectivity index (χ0v) is 24.0. The number of ether oxygens (including phenoxy) is 1. The Kier molecular flexibility index (Phi) is 11.0. The van der Waals surface area contributed by atoms with Crippen LogP contribution in [0.15, 0.2) is 16.7 Å². The monoisotopic (exact) mass is 529 g/mol. The van der Waals surface area contributed by atoms with Gasteiger partial charge < -0.3 is 24.6 Å². The van der Waals surface area contributed by atoms with Gasteiger partial charge in [-0.3, -0.25) is 0 Å². The molecule has 1 unspecified atom stereocenters. The molecule has 2 saturated heterocycles. The summed E-state index contributed by atoms with van der Waals surface area (Å²) in [6, 6.07) is 4.12. The lowest BCUT2D eigenvalue weighted by atomic mass is 9.97. The third kappa shape index (κ3) is 6.68. The van der Waals surface area contributed by atoms with Crippen molar-refractivity contribution in [3.63, 3.8) is 0 Å². The number of nitrogens with one attached hydrogen (secondary N) is 1.